The van der Waals surface area contributed by atoms with Crippen LogP contribution in [0.25, 0.3) is 0 Å². The Hall–Kier alpha value is -2.94. The zero-order valence-electron chi connectivity index (χ0n) is 17.6. The van der Waals surface area contributed by atoms with Crippen LogP contribution in [0.1, 0.15) is 16.2 Å². The Balaban J connectivity index is 0.00000272. The molecule has 0 atom stereocenters. The maximum atomic E-state index is 12.1. The van der Waals surface area contributed by atoms with Crippen LogP contribution >= 0.6 is 19.7 Å². The molecule has 0 saturated heterocycles. The minimum Gasteiger partial charge on any atom is -0.147 e. The van der Waals surface area contributed by atoms with Crippen molar-refractivity contribution >= 4 is 41.6 Å². The van der Waals surface area contributed by atoms with Crippen LogP contribution in [-0.4, -0.2) is 22.9 Å². The summed E-state index contributed by atoms with van der Waals surface area (Å²) in [4.78, 5) is 12.1. The van der Waals surface area contributed by atoms with Gasteiger partial charge in [0.1, 0.15) is 0 Å². The second kappa shape index (κ2) is 9.91. The minimum absolute atomic E-state index is 0. The van der Waals surface area contributed by atoms with E-state index in [9.17, 15) is 4.79 Å². The van der Waals surface area contributed by atoms with E-state index in [2.05, 4.69) is 96.1 Å². The second-order valence-electron chi connectivity index (χ2n) is 7.32. The Kier molecular flexibility index (Phi) is 7.27. The monoisotopic (exact) mass is 452 g/mol. The van der Waals surface area contributed by atoms with E-state index in [4.69, 9.17) is 4.74 Å². The normalized spacial score (nSPS) is 11.4. The Morgan fingerprint density at radius 1 is 0.839 bits per heavy atom. The van der Waals surface area contributed by atoms with E-state index in [1.165, 1.54) is 23.0 Å². The molecule has 0 saturated carbocycles. The van der Waals surface area contributed by atoms with Crippen molar-refractivity contribution in [1.29, 1.82) is 0 Å². The molecule has 160 valence electrons. The third-order valence-corrected chi connectivity index (χ3v) is 10.5. The SMILES string of the molecule is COC(=O)c1cc(C[PH](c2ccccc2)(c2ccccc2)c2ccccc2)n(C)n1.Cl. The number of aryl methyl sites for hydroxylation is 1. The number of halogens is 1. The summed E-state index contributed by atoms with van der Waals surface area (Å²) in [5, 5.41) is 8.38. The van der Waals surface area contributed by atoms with Gasteiger partial charge in [0.25, 0.3) is 0 Å². The summed E-state index contributed by atoms with van der Waals surface area (Å²) in [5.74, 6) is -0.414. The second-order valence-corrected chi connectivity index (χ2v) is 11.2. The van der Waals surface area contributed by atoms with E-state index in [1.807, 2.05) is 17.8 Å². The van der Waals surface area contributed by atoms with Crippen LogP contribution in [0.5, 0.6) is 0 Å². The number of nitrogens with zero attached hydrogens (tertiary/aromatic N) is 2. The standard InChI is InChI=1S/C25H25N2O2P.ClH/c1-27-20(18-24(26-27)25(28)29-2)19-30(21-12-6-3-7-13-21,22-14-8-4-9-15-22)23-16-10-5-11-17-23;/h3-18,30H,19H2,1-2H3;1H. The number of aromatic nitrogens is 2. The number of carbonyl (C=O) groups is 1. The maximum Gasteiger partial charge on any atom is -0.147 e. The molecule has 0 fully saturated rings. The largest absolute Gasteiger partial charge is 0.147 e. The molecule has 4 aromatic rings. The molecule has 0 spiro atoms. The minimum atomic E-state index is -2.44. The van der Waals surface area contributed by atoms with Gasteiger partial charge in [-0.1, -0.05) is 0 Å². The summed E-state index contributed by atoms with van der Waals surface area (Å²) in [6.07, 6.45) is 0.783. The van der Waals surface area contributed by atoms with Gasteiger partial charge < -0.3 is 0 Å². The molecule has 0 aliphatic carbocycles. The smallest absolute Gasteiger partial charge is 0.147 e. The predicted molar refractivity (Wildman–Crippen MR) is 132 cm³/mol. The van der Waals surface area contributed by atoms with Gasteiger partial charge in [-0.3, -0.25) is 0 Å². The van der Waals surface area contributed by atoms with Gasteiger partial charge in [-0.15, -0.1) is 12.4 Å². The van der Waals surface area contributed by atoms with Crippen molar-refractivity contribution in [2.75, 3.05) is 7.11 Å². The Morgan fingerprint density at radius 2 is 1.26 bits per heavy atom. The number of hydrogen-bond donors (Lipinski definition) is 0. The first kappa shape index (κ1) is 22.7. The van der Waals surface area contributed by atoms with Gasteiger partial charge in [0.15, 0.2) is 0 Å². The molecule has 6 heteroatoms. The molecule has 0 N–H and O–H groups in total. The fourth-order valence-electron chi connectivity index (χ4n) is 4.12. The number of hydrogen-bond acceptors (Lipinski definition) is 3. The summed E-state index contributed by atoms with van der Waals surface area (Å²) in [6, 6.07) is 34.0. The summed E-state index contributed by atoms with van der Waals surface area (Å²) in [5.41, 5.74) is 1.35. The van der Waals surface area contributed by atoms with Crippen molar-refractivity contribution in [2.24, 2.45) is 7.05 Å². The first-order valence-electron chi connectivity index (χ1n) is 9.93. The van der Waals surface area contributed by atoms with Crippen molar-refractivity contribution in [3.05, 3.63) is 108 Å². The third-order valence-electron chi connectivity index (χ3n) is 5.62. The van der Waals surface area contributed by atoms with Gasteiger partial charge in [-0.05, 0) is 0 Å². The molecule has 0 radical (unpaired) electrons. The molecule has 0 aliphatic rings. The summed E-state index contributed by atoms with van der Waals surface area (Å²) in [7, 11) is 0.833. The molecule has 1 heterocycles. The first-order valence-corrected chi connectivity index (χ1v) is 12.1. The molecule has 1 aromatic heterocycles. The van der Waals surface area contributed by atoms with Gasteiger partial charge in [0.2, 0.25) is 0 Å². The van der Waals surface area contributed by atoms with Crippen molar-refractivity contribution in [2.45, 2.75) is 6.16 Å². The molecule has 0 bridgehead atoms. The molecule has 0 aliphatic heterocycles. The molecule has 3 aromatic carbocycles. The molecular weight excluding hydrogens is 427 g/mol. The van der Waals surface area contributed by atoms with E-state index in [-0.39, 0.29) is 12.4 Å². The topological polar surface area (TPSA) is 44.1 Å². The number of methoxy groups -OCH3 is 1. The van der Waals surface area contributed by atoms with Gasteiger partial charge in [-0.2, -0.15) is 0 Å². The number of benzene rings is 3. The predicted octanol–water partition coefficient (Wildman–Crippen LogP) is 3.85. The Bertz CT molecular complexity index is 1040. The van der Waals surface area contributed by atoms with Crippen LogP contribution < -0.4 is 15.9 Å². The summed E-state index contributed by atoms with van der Waals surface area (Å²) >= 11 is 0. The summed E-state index contributed by atoms with van der Waals surface area (Å²) < 4.78 is 6.69. The zero-order valence-corrected chi connectivity index (χ0v) is 19.4. The molecule has 4 rings (SSSR count). The van der Waals surface area contributed by atoms with Gasteiger partial charge in [-0.25, -0.2) is 0 Å². The molecule has 4 nitrogen and oxygen atoms in total. The average Bonchev–Trinajstić information content (AvgIpc) is 3.18. The van der Waals surface area contributed by atoms with E-state index in [0.29, 0.717) is 5.69 Å². The van der Waals surface area contributed by atoms with Gasteiger partial charge >= 0.3 is 177 Å². The quantitative estimate of drug-likeness (QED) is 0.329. The number of rotatable bonds is 6. The van der Waals surface area contributed by atoms with Crippen molar-refractivity contribution in [3.8, 4) is 0 Å². The number of carbonyl (C=O) groups excluding carboxylic acids is 1. The van der Waals surface area contributed by atoms with E-state index in [0.717, 1.165) is 11.9 Å². The van der Waals surface area contributed by atoms with Crippen molar-refractivity contribution in [1.82, 2.24) is 9.78 Å². The first-order chi connectivity index (χ1) is 14.6. The molecule has 0 amide bonds. The Labute approximate surface area is 189 Å². The third kappa shape index (κ3) is 4.41. The van der Waals surface area contributed by atoms with E-state index >= 15 is 0 Å². The van der Waals surface area contributed by atoms with Crippen molar-refractivity contribution < 1.29 is 9.53 Å². The van der Waals surface area contributed by atoms with E-state index < -0.39 is 13.2 Å². The van der Waals surface area contributed by atoms with Crippen LogP contribution in [0, 0.1) is 0 Å². The Morgan fingerprint density at radius 3 is 1.65 bits per heavy atom. The summed E-state index contributed by atoms with van der Waals surface area (Å²) in [6.45, 7) is 0. The van der Waals surface area contributed by atoms with Gasteiger partial charge in [0.05, 0.1) is 0 Å². The van der Waals surface area contributed by atoms with E-state index in [1.54, 1.807) is 0 Å². The molecular formula is C25H26ClN2O2P. The van der Waals surface area contributed by atoms with Crippen LogP contribution in [0.15, 0.2) is 97.1 Å². The fourth-order valence-corrected chi connectivity index (χ4v) is 8.89. The van der Waals surface area contributed by atoms with Gasteiger partial charge in [0, 0.05) is 0 Å². The number of ether oxygens (including phenoxy) is 1. The zero-order chi connectivity index (χ0) is 21.0. The maximum absolute atomic E-state index is 12.1. The van der Waals surface area contributed by atoms with Crippen LogP contribution in [-0.2, 0) is 17.9 Å². The molecule has 31 heavy (non-hydrogen) atoms. The van der Waals surface area contributed by atoms with Crippen LogP contribution in [0.2, 0.25) is 0 Å². The molecule has 0 unspecified atom stereocenters. The average molecular weight is 453 g/mol. The van der Waals surface area contributed by atoms with Crippen LogP contribution in [0.3, 0.4) is 0 Å². The number of esters is 1. The van der Waals surface area contributed by atoms with Crippen LogP contribution in [0.4, 0.5) is 0 Å². The van der Waals surface area contributed by atoms with Crippen molar-refractivity contribution in [3.63, 3.8) is 0 Å². The fraction of sp³-hybridized carbons (Fsp3) is 0.120.